The Morgan fingerprint density at radius 1 is 1.38 bits per heavy atom. The second kappa shape index (κ2) is 5.34. The first kappa shape index (κ1) is 13.0. The van der Waals surface area contributed by atoms with E-state index in [2.05, 4.69) is 35.1 Å². The highest BCUT2D eigenvalue weighted by Crippen LogP contribution is 2.23. The van der Waals surface area contributed by atoms with E-state index in [0.29, 0.717) is 17.2 Å². The minimum Gasteiger partial charge on any atom is -0.478 e. The molecule has 0 heterocycles. The van der Waals surface area contributed by atoms with Gasteiger partial charge in [-0.1, -0.05) is 29.8 Å². The van der Waals surface area contributed by atoms with Gasteiger partial charge >= 0.3 is 5.97 Å². The lowest BCUT2D eigenvalue weighted by molar-refractivity contribution is 0.0698. The molecule has 0 amide bonds. The highest BCUT2D eigenvalue weighted by atomic mass is 79.9. The van der Waals surface area contributed by atoms with Gasteiger partial charge in [-0.2, -0.15) is 0 Å². The van der Waals surface area contributed by atoms with E-state index in [1.54, 1.807) is 18.2 Å². The van der Waals surface area contributed by atoms with Crippen LogP contribution in [0.25, 0.3) is 0 Å². The molecular weight excluding hydrogens is 270 g/mol. The molecule has 16 heavy (non-hydrogen) atoms. The summed E-state index contributed by atoms with van der Waals surface area (Å²) in [5.74, 6) is -0.466. The van der Waals surface area contributed by atoms with Crippen LogP contribution in [0.4, 0.5) is 5.69 Å². The van der Waals surface area contributed by atoms with E-state index in [4.69, 9.17) is 5.11 Å². The minimum atomic E-state index is -0.911. The number of benzene rings is 1. The van der Waals surface area contributed by atoms with Crippen LogP contribution >= 0.6 is 15.9 Å². The molecule has 1 rings (SSSR count). The minimum absolute atomic E-state index is 0.229. The van der Waals surface area contributed by atoms with Gasteiger partial charge in [0.2, 0.25) is 0 Å². The van der Waals surface area contributed by atoms with Crippen LogP contribution in [0.2, 0.25) is 0 Å². The number of hydrogen-bond acceptors (Lipinski definition) is 2. The molecule has 0 aromatic heterocycles. The highest BCUT2D eigenvalue weighted by Gasteiger charge is 2.13. The number of nitrogens with one attached hydrogen (secondary N) is 1. The van der Waals surface area contributed by atoms with Crippen molar-refractivity contribution in [3.63, 3.8) is 0 Å². The molecule has 4 heteroatoms. The fourth-order valence-corrected chi connectivity index (χ4v) is 1.60. The van der Waals surface area contributed by atoms with E-state index in [-0.39, 0.29) is 6.04 Å². The number of aromatic carboxylic acids is 1. The van der Waals surface area contributed by atoms with Gasteiger partial charge < -0.3 is 10.4 Å². The largest absolute Gasteiger partial charge is 0.478 e. The molecule has 0 saturated carbocycles. The number of carboxylic acid groups (broad SMARTS) is 1. The van der Waals surface area contributed by atoms with Gasteiger partial charge in [0.05, 0.1) is 11.3 Å². The molecule has 0 saturated heterocycles. The van der Waals surface area contributed by atoms with E-state index in [9.17, 15) is 4.79 Å². The molecule has 1 aromatic rings. The van der Waals surface area contributed by atoms with Crippen molar-refractivity contribution in [3.05, 3.63) is 28.2 Å². The van der Waals surface area contributed by atoms with E-state index < -0.39 is 5.97 Å². The third kappa shape index (κ3) is 3.23. The van der Waals surface area contributed by atoms with Gasteiger partial charge in [-0.05, 0) is 31.0 Å². The number of halogens is 1. The van der Waals surface area contributed by atoms with Gasteiger partial charge in [-0.15, -0.1) is 0 Å². The third-order valence-corrected chi connectivity index (χ3v) is 3.09. The van der Waals surface area contributed by atoms with Gasteiger partial charge in [0.1, 0.15) is 0 Å². The summed E-state index contributed by atoms with van der Waals surface area (Å²) >= 11 is 3.34. The summed E-state index contributed by atoms with van der Waals surface area (Å²) in [6.07, 6.45) is 0. The van der Waals surface area contributed by atoms with Gasteiger partial charge in [0.15, 0.2) is 0 Å². The first-order valence-electron chi connectivity index (χ1n) is 5.21. The Labute approximate surface area is 104 Å². The predicted molar refractivity (Wildman–Crippen MR) is 69.0 cm³/mol. The molecule has 0 radical (unpaired) electrons. The Hall–Kier alpha value is -1.03. The molecule has 0 bridgehead atoms. The maximum atomic E-state index is 11.0. The number of rotatable bonds is 4. The maximum Gasteiger partial charge on any atom is 0.337 e. The monoisotopic (exact) mass is 285 g/mol. The van der Waals surface area contributed by atoms with Crippen molar-refractivity contribution in [2.45, 2.75) is 26.8 Å². The second-order valence-corrected chi connectivity index (χ2v) is 5.09. The van der Waals surface area contributed by atoms with E-state index in [0.717, 1.165) is 4.47 Å². The van der Waals surface area contributed by atoms with Crippen molar-refractivity contribution in [3.8, 4) is 0 Å². The van der Waals surface area contributed by atoms with Gasteiger partial charge in [0, 0.05) is 10.5 Å². The first-order chi connectivity index (χ1) is 7.41. The standard InChI is InChI=1S/C12H16BrNO2/c1-7(2)8(3)14-11-6-9(13)4-5-10(11)12(15)16/h4-8,14H,1-3H3,(H,15,16). The summed E-state index contributed by atoms with van der Waals surface area (Å²) in [6, 6.07) is 5.35. The fraction of sp³-hybridized carbons (Fsp3) is 0.417. The summed E-state index contributed by atoms with van der Waals surface area (Å²) in [5.41, 5.74) is 0.957. The van der Waals surface area contributed by atoms with Crippen LogP contribution in [0.5, 0.6) is 0 Å². The van der Waals surface area contributed by atoms with Crippen molar-refractivity contribution >= 4 is 27.6 Å². The average Bonchev–Trinajstić information content (AvgIpc) is 2.16. The van der Waals surface area contributed by atoms with E-state index in [1.165, 1.54) is 0 Å². The van der Waals surface area contributed by atoms with E-state index in [1.807, 2.05) is 6.92 Å². The van der Waals surface area contributed by atoms with Crippen LogP contribution in [0, 0.1) is 5.92 Å². The number of carbonyl (C=O) groups is 1. The molecule has 1 atom stereocenters. The maximum absolute atomic E-state index is 11.0. The van der Waals surface area contributed by atoms with Gasteiger partial charge in [0.25, 0.3) is 0 Å². The molecule has 0 fully saturated rings. The number of hydrogen-bond donors (Lipinski definition) is 2. The van der Waals surface area contributed by atoms with Crippen LogP contribution in [0.15, 0.2) is 22.7 Å². The zero-order valence-electron chi connectivity index (χ0n) is 9.62. The Kier molecular flexibility index (Phi) is 4.35. The Bertz CT molecular complexity index is 391. The Morgan fingerprint density at radius 3 is 2.50 bits per heavy atom. The third-order valence-electron chi connectivity index (χ3n) is 2.60. The van der Waals surface area contributed by atoms with Crippen LogP contribution in [0.3, 0.4) is 0 Å². The van der Waals surface area contributed by atoms with Gasteiger partial charge in [-0.3, -0.25) is 0 Å². The van der Waals surface area contributed by atoms with Gasteiger partial charge in [-0.25, -0.2) is 4.79 Å². The zero-order valence-corrected chi connectivity index (χ0v) is 11.2. The van der Waals surface area contributed by atoms with Crippen molar-refractivity contribution in [1.82, 2.24) is 0 Å². The number of anilines is 1. The molecule has 88 valence electrons. The lowest BCUT2D eigenvalue weighted by Gasteiger charge is -2.20. The van der Waals surface area contributed by atoms with Crippen molar-refractivity contribution < 1.29 is 9.90 Å². The van der Waals surface area contributed by atoms with Crippen LogP contribution < -0.4 is 5.32 Å². The van der Waals surface area contributed by atoms with Crippen LogP contribution in [0.1, 0.15) is 31.1 Å². The number of carboxylic acids is 1. The predicted octanol–water partition coefficient (Wildman–Crippen LogP) is 3.60. The van der Waals surface area contributed by atoms with Crippen LogP contribution in [-0.4, -0.2) is 17.1 Å². The Morgan fingerprint density at radius 2 is 2.00 bits per heavy atom. The van der Waals surface area contributed by atoms with Crippen molar-refractivity contribution in [1.29, 1.82) is 0 Å². The van der Waals surface area contributed by atoms with Crippen molar-refractivity contribution in [2.24, 2.45) is 5.92 Å². The molecule has 0 aliphatic heterocycles. The molecule has 1 unspecified atom stereocenters. The van der Waals surface area contributed by atoms with E-state index >= 15 is 0 Å². The SMILES string of the molecule is CC(C)C(C)Nc1cc(Br)ccc1C(=O)O. The quantitative estimate of drug-likeness (QED) is 0.889. The zero-order chi connectivity index (χ0) is 12.3. The first-order valence-corrected chi connectivity index (χ1v) is 6.00. The molecule has 0 aliphatic rings. The van der Waals surface area contributed by atoms with Crippen LogP contribution in [-0.2, 0) is 0 Å². The highest BCUT2D eigenvalue weighted by molar-refractivity contribution is 9.10. The Balaban J connectivity index is 3.01. The topological polar surface area (TPSA) is 49.3 Å². The molecule has 2 N–H and O–H groups in total. The summed E-state index contributed by atoms with van der Waals surface area (Å²) < 4.78 is 0.871. The average molecular weight is 286 g/mol. The van der Waals surface area contributed by atoms with Crippen molar-refractivity contribution in [2.75, 3.05) is 5.32 Å². The lowest BCUT2D eigenvalue weighted by Crippen LogP contribution is -2.22. The summed E-state index contributed by atoms with van der Waals surface area (Å²) in [4.78, 5) is 11.0. The molecular formula is C12H16BrNO2. The molecule has 0 aliphatic carbocycles. The fourth-order valence-electron chi connectivity index (χ4n) is 1.23. The molecule has 0 spiro atoms. The summed E-state index contributed by atoms with van der Waals surface area (Å²) in [5, 5.41) is 12.3. The summed E-state index contributed by atoms with van der Waals surface area (Å²) in [6.45, 7) is 6.23. The summed E-state index contributed by atoms with van der Waals surface area (Å²) in [7, 11) is 0. The normalized spacial score (nSPS) is 12.6. The molecule has 1 aromatic carbocycles. The molecule has 3 nitrogen and oxygen atoms in total. The smallest absolute Gasteiger partial charge is 0.337 e. The second-order valence-electron chi connectivity index (χ2n) is 4.17. The lowest BCUT2D eigenvalue weighted by atomic mass is 10.1.